The van der Waals surface area contributed by atoms with Crippen LogP contribution in [0.5, 0.6) is 23.0 Å². The van der Waals surface area contributed by atoms with Gasteiger partial charge in [0.05, 0.1) is 74.9 Å². The number of halogens is 8. The first-order chi connectivity index (χ1) is 42.2. The maximum atomic E-state index is 14.5. The van der Waals surface area contributed by atoms with Gasteiger partial charge in [-0.25, -0.2) is 18.3 Å². The van der Waals surface area contributed by atoms with Crippen molar-refractivity contribution in [2.24, 2.45) is 0 Å². The highest BCUT2D eigenvalue weighted by molar-refractivity contribution is 6.05. The first-order valence-corrected chi connectivity index (χ1v) is 26.7. The smallest absolute Gasteiger partial charge is 0.416 e. The van der Waals surface area contributed by atoms with E-state index in [2.05, 4.69) is 36.9 Å². The van der Waals surface area contributed by atoms with Gasteiger partial charge in [-0.2, -0.15) is 26.3 Å². The monoisotopic (exact) mass is 1230 g/mol. The minimum Gasteiger partial charge on any atom is -0.487 e. The first kappa shape index (κ1) is 65.6. The van der Waals surface area contributed by atoms with Gasteiger partial charge in [-0.3, -0.25) is 19.2 Å². The van der Waals surface area contributed by atoms with E-state index in [1.54, 1.807) is 92.0 Å². The molecule has 464 valence electrons. The zero-order valence-electron chi connectivity index (χ0n) is 46.6. The molecule has 0 fully saturated rings. The van der Waals surface area contributed by atoms with Gasteiger partial charge in [-0.15, -0.1) is 5.10 Å². The van der Waals surface area contributed by atoms with Crippen LogP contribution in [-0.2, 0) is 60.6 Å². The van der Waals surface area contributed by atoms with Crippen LogP contribution < -0.4 is 46.1 Å². The summed E-state index contributed by atoms with van der Waals surface area (Å²) in [5.74, 6) is -2.67. The molecule has 7 aromatic rings. The van der Waals surface area contributed by atoms with Crippen molar-refractivity contribution in [2.75, 3.05) is 68.7 Å². The number of nitrogens with zero attached hydrogens (tertiary/aromatic N) is 3. The van der Waals surface area contributed by atoms with Crippen molar-refractivity contribution in [3.63, 3.8) is 0 Å². The van der Waals surface area contributed by atoms with Gasteiger partial charge in [0.15, 0.2) is 12.4 Å². The molecule has 6 aromatic carbocycles. The molecule has 28 heteroatoms. The summed E-state index contributed by atoms with van der Waals surface area (Å²) in [5.41, 5.74) is -2.72. The van der Waals surface area contributed by atoms with E-state index in [9.17, 15) is 59.1 Å². The molecule has 0 aliphatic carbocycles. The third-order valence-electron chi connectivity index (χ3n) is 12.1. The van der Waals surface area contributed by atoms with Crippen LogP contribution in [0, 0.1) is 11.6 Å². The van der Waals surface area contributed by atoms with Crippen LogP contribution in [0.1, 0.15) is 51.3 Å². The molecule has 1 aromatic heterocycles. The third kappa shape index (κ3) is 21.2. The number of allylic oxidation sites excluding steroid dienone is 1. The van der Waals surface area contributed by atoms with Crippen molar-refractivity contribution < 1.29 is 87.5 Å². The molecule has 7 rings (SSSR count). The molecule has 1 heterocycles. The zero-order chi connectivity index (χ0) is 63.1. The number of hydrogen-bond acceptors (Lipinski definition) is 13. The molecule has 0 aliphatic heterocycles. The van der Waals surface area contributed by atoms with Crippen LogP contribution in [-0.4, -0.2) is 97.4 Å². The molecule has 0 saturated carbocycles. The molecule has 88 heavy (non-hydrogen) atoms. The van der Waals surface area contributed by atoms with E-state index in [1.165, 1.54) is 35.0 Å². The van der Waals surface area contributed by atoms with Crippen molar-refractivity contribution in [1.82, 2.24) is 30.9 Å². The summed E-state index contributed by atoms with van der Waals surface area (Å²) >= 11 is 0. The predicted molar refractivity (Wildman–Crippen MR) is 302 cm³/mol. The van der Waals surface area contributed by atoms with Gasteiger partial charge in [0.25, 0.3) is 17.7 Å². The number of nitrogens with one attached hydrogen (secondary N) is 6. The Hall–Kier alpha value is -9.93. The lowest BCUT2D eigenvalue weighted by Crippen LogP contribution is -2.39. The second-order valence-electron chi connectivity index (χ2n) is 18.7. The maximum Gasteiger partial charge on any atom is 0.416 e. The van der Waals surface area contributed by atoms with Gasteiger partial charge >= 0.3 is 18.4 Å². The van der Waals surface area contributed by atoms with Crippen LogP contribution in [0.2, 0.25) is 0 Å². The van der Waals surface area contributed by atoms with Crippen molar-refractivity contribution in [1.29, 1.82) is 0 Å². The maximum absolute atomic E-state index is 14.5. The van der Waals surface area contributed by atoms with Crippen molar-refractivity contribution in [3.05, 3.63) is 197 Å². The number of para-hydroxylation sites is 2. The van der Waals surface area contributed by atoms with Crippen molar-refractivity contribution in [3.8, 4) is 23.0 Å². The van der Waals surface area contributed by atoms with Crippen LogP contribution in [0.15, 0.2) is 152 Å². The number of hydrogen-bond donors (Lipinski definition) is 6. The van der Waals surface area contributed by atoms with Crippen LogP contribution in [0.4, 0.5) is 57.0 Å². The summed E-state index contributed by atoms with van der Waals surface area (Å²) < 4.78 is 144. The Bertz CT molecular complexity index is 3470. The molecule has 0 aliphatic rings. The number of carbonyl (C=O) groups excluding carboxylic acids is 5. The van der Waals surface area contributed by atoms with E-state index in [1.807, 2.05) is 5.32 Å². The van der Waals surface area contributed by atoms with Crippen LogP contribution in [0.3, 0.4) is 0 Å². The number of urea groups is 1. The number of carbonyl (C=O) groups is 5. The van der Waals surface area contributed by atoms with Gasteiger partial charge in [-0.1, -0.05) is 47.7 Å². The Morgan fingerprint density at radius 1 is 0.648 bits per heavy atom. The van der Waals surface area contributed by atoms with E-state index in [4.69, 9.17) is 28.4 Å². The number of rotatable bonds is 30. The minimum absolute atomic E-state index is 0.00109. The highest BCUT2D eigenvalue weighted by Gasteiger charge is 2.37. The molecule has 1 atom stereocenters. The second kappa shape index (κ2) is 32.0. The molecule has 6 N–H and O–H groups in total. The van der Waals surface area contributed by atoms with E-state index < -0.39 is 64.5 Å². The molecule has 0 saturated heterocycles. The minimum atomic E-state index is -5.22. The molecule has 0 spiro atoms. The Morgan fingerprint density at radius 2 is 1.28 bits per heavy atom. The first-order valence-electron chi connectivity index (χ1n) is 26.7. The fourth-order valence-electron chi connectivity index (χ4n) is 7.77. The van der Waals surface area contributed by atoms with Gasteiger partial charge in [0, 0.05) is 30.4 Å². The average Bonchev–Trinajstić information content (AvgIpc) is 3.03. The number of anilines is 3. The molecular weight excluding hydrogens is 1170 g/mol. The van der Waals surface area contributed by atoms with Gasteiger partial charge in [0.1, 0.15) is 47.2 Å². The Kier molecular flexibility index (Phi) is 23.9. The Balaban J connectivity index is 0.743. The predicted octanol–water partition coefficient (Wildman–Crippen LogP) is 10.2. The molecule has 20 nitrogen and oxygen atoms in total. The lowest BCUT2D eigenvalue weighted by molar-refractivity contribution is -0.143. The summed E-state index contributed by atoms with van der Waals surface area (Å²) in [7, 11) is 0. The highest BCUT2D eigenvalue weighted by atomic mass is 19.4. The van der Waals surface area contributed by atoms with Crippen LogP contribution in [0.25, 0.3) is 0 Å². The van der Waals surface area contributed by atoms with Crippen molar-refractivity contribution >= 4 is 46.7 Å². The fraction of sp³-hybridized carbons (Fsp3) is 0.250. The summed E-state index contributed by atoms with van der Waals surface area (Å²) in [6.45, 7) is 3.90. The van der Waals surface area contributed by atoms with E-state index in [0.29, 0.717) is 53.3 Å². The largest absolute Gasteiger partial charge is 0.487 e. The summed E-state index contributed by atoms with van der Waals surface area (Å²) in [6.07, 6.45) is -5.75. The van der Waals surface area contributed by atoms with Gasteiger partial charge < -0.3 is 60.3 Å². The second-order valence-corrected chi connectivity index (χ2v) is 18.7. The lowest BCUT2D eigenvalue weighted by Gasteiger charge is -2.20. The quantitative estimate of drug-likeness (QED) is 0.0140. The third-order valence-corrected chi connectivity index (χ3v) is 12.1. The number of ether oxygens (including phenoxy) is 6. The number of alkyl halides is 6. The zero-order valence-corrected chi connectivity index (χ0v) is 46.6. The van der Waals surface area contributed by atoms with E-state index in [0.717, 1.165) is 17.7 Å². The van der Waals surface area contributed by atoms with Gasteiger partial charge in [0.2, 0.25) is 5.91 Å². The molecular formula is C60H57F8N9O11. The SMILES string of the molecule is C/C=C/C(=O)NCc1ccc(C(=O)Nc2ccccc2Oc2ccc(OCC(=O)NCCOCCOCCOCCn3cc(COc4ccc([C@@H](NC(=O)Nc5cc(C(F)(F)F)cc(C(F)(F)F)c5)C(=O)Nc5ccc(F)cc5F)cc4)nn3)cc2)cc1. The summed E-state index contributed by atoms with van der Waals surface area (Å²) in [5, 5.41) is 22.6. The summed E-state index contributed by atoms with van der Waals surface area (Å²) in [6, 6.07) is 25.2. The topological polar surface area (TPSA) is 244 Å². The average molecular weight is 1230 g/mol. The summed E-state index contributed by atoms with van der Waals surface area (Å²) in [4.78, 5) is 63.6. The van der Waals surface area contributed by atoms with E-state index >= 15 is 0 Å². The van der Waals surface area contributed by atoms with Gasteiger partial charge in [-0.05, 0) is 115 Å². The molecule has 0 radical (unpaired) electrons. The normalized spacial score (nSPS) is 11.8. The standard InChI is InChI=1S/C60H57F8N9O11/c1-2-5-53(78)70-34-38-8-10-40(11-9-38)56(80)73-51-6-3-4-7-52(51)88-48-19-17-47(18-20-48)87-37-54(79)69-22-24-83-26-28-85-29-27-84-25-23-77-35-45(75-76-77)36-86-46-15-12-39(13-16-46)55(57(81)72-50-21-14-43(61)33-49(50)62)74-58(82)71-44-31-41(59(63,64)65)30-42(32-44)60(66,67)68/h2-21,30-33,35,55H,22-29,34,36-37H2,1H3,(H,69,79)(H,70,78)(H,72,81)(H,73,80)(H2,71,74,82)/b5-2+/t55-/m1/s1. The Labute approximate surface area is 497 Å². The number of benzene rings is 6. The van der Waals surface area contributed by atoms with E-state index in [-0.39, 0.29) is 107 Å². The number of aromatic nitrogens is 3. The molecule has 6 amide bonds. The van der Waals surface area contributed by atoms with Crippen molar-refractivity contribution in [2.45, 2.75) is 45.0 Å². The molecule has 0 bridgehead atoms. The molecule has 0 unspecified atom stereocenters. The van der Waals surface area contributed by atoms with Crippen LogP contribution >= 0.6 is 0 Å². The highest BCUT2D eigenvalue weighted by Crippen LogP contribution is 2.38. The fourth-order valence-corrected chi connectivity index (χ4v) is 7.77. The lowest BCUT2D eigenvalue weighted by atomic mass is 10.1. The Morgan fingerprint density at radius 3 is 1.95 bits per heavy atom. The number of amides is 6.